The minimum atomic E-state index is -0.354. The fraction of sp³-hybridized carbons (Fsp3) is 0.158. The third-order valence-corrected chi connectivity index (χ3v) is 4.45. The van der Waals surface area contributed by atoms with Crippen molar-refractivity contribution in [3.63, 3.8) is 0 Å². The molecule has 3 aromatic rings. The summed E-state index contributed by atoms with van der Waals surface area (Å²) >= 11 is 11.4. The summed E-state index contributed by atoms with van der Waals surface area (Å²) in [4.78, 5) is 0. The van der Waals surface area contributed by atoms with Crippen LogP contribution in [0.25, 0.3) is 0 Å². The van der Waals surface area contributed by atoms with Crippen molar-refractivity contribution in [3.8, 4) is 0 Å². The Morgan fingerprint density at radius 1 is 1.19 bits per heavy atom. The van der Waals surface area contributed by atoms with Gasteiger partial charge in [0.2, 0.25) is 0 Å². The van der Waals surface area contributed by atoms with E-state index in [0.29, 0.717) is 29.0 Å². The van der Waals surface area contributed by atoms with E-state index in [-0.39, 0.29) is 5.82 Å². The van der Waals surface area contributed by atoms with Crippen LogP contribution in [0.2, 0.25) is 5.02 Å². The number of halogens is 2. The molecule has 0 amide bonds. The quantitative estimate of drug-likeness (QED) is 0.630. The molecule has 4 nitrogen and oxygen atoms in total. The van der Waals surface area contributed by atoms with E-state index in [1.807, 2.05) is 43.3 Å². The first kappa shape index (κ1) is 18.4. The minimum Gasteiger partial charge on any atom is -0.358 e. The van der Waals surface area contributed by atoms with Crippen LogP contribution in [0, 0.1) is 12.7 Å². The van der Waals surface area contributed by atoms with Crippen molar-refractivity contribution in [2.45, 2.75) is 20.0 Å². The Labute approximate surface area is 162 Å². The van der Waals surface area contributed by atoms with E-state index in [1.54, 1.807) is 10.7 Å². The highest BCUT2D eigenvalue weighted by Gasteiger charge is 2.09. The van der Waals surface area contributed by atoms with Crippen molar-refractivity contribution < 1.29 is 4.39 Å². The van der Waals surface area contributed by atoms with E-state index in [2.05, 4.69) is 15.7 Å². The van der Waals surface area contributed by atoms with Gasteiger partial charge < -0.3 is 10.6 Å². The topological polar surface area (TPSA) is 41.9 Å². The molecule has 0 spiro atoms. The lowest BCUT2D eigenvalue weighted by molar-refractivity contribution is 0.623. The van der Waals surface area contributed by atoms with Crippen LogP contribution in [-0.4, -0.2) is 14.9 Å². The second kappa shape index (κ2) is 8.29. The summed E-state index contributed by atoms with van der Waals surface area (Å²) in [6, 6.07) is 16.3. The largest absolute Gasteiger partial charge is 0.358 e. The number of rotatable bonds is 5. The molecule has 0 aliphatic heterocycles. The molecule has 0 aliphatic carbocycles. The van der Waals surface area contributed by atoms with Gasteiger partial charge in [-0.2, -0.15) is 5.10 Å². The van der Waals surface area contributed by atoms with Gasteiger partial charge in [-0.15, -0.1) is 0 Å². The zero-order valence-corrected chi connectivity index (χ0v) is 15.7. The SMILES string of the molecule is Cc1cc(NC(=S)NCc2ccccc2)nn1Cc1ccc(F)cc1Cl. The molecule has 134 valence electrons. The smallest absolute Gasteiger partial charge is 0.172 e. The summed E-state index contributed by atoms with van der Waals surface area (Å²) in [5.41, 5.74) is 2.89. The van der Waals surface area contributed by atoms with Gasteiger partial charge in [-0.05, 0) is 42.4 Å². The molecular formula is C19H18ClFN4S. The molecule has 0 saturated carbocycles. The number of nitrogens with one attached hydrogen (secondary N) is 2. The number of thiocarbonyl (C=S) groups is 1. The molecule has 3 rings (SSSR count). The van der Waals surface area contributed by atoms with Crippen molar-refractivity contribution in [1.82, 2.24) is 15.1 Å². The maximum atomic E-state index is 13.2. The summed E-state index contributed by atoms with van der Waals surface area (Å²) in [6.45, 7) is 3.03. The van der Waals surface area contributed by atoms with Gasteiger partial charge in [-0.1, -0.05) is 48.0 Å². The molecule has 0 radical (unpaired) electrons. The Morgan fingerprint density at radius 3 is 2.69 bits per heavy atom. The Balaban J connectivity index is 1.61. The Morgan fingerprint density at radius 2 is 1.96 bits per heavy atom. The standard InChI is InChI=1S/C19H18ClFN4S/c1-13-9-18(23-19(26)22-11-14-5-3-2-4-6-14)24-25(13)12-15-7-8-16(21)10-17(15)20/h2-10H,11-12H2,1H3,(H2,22,23,24,26). The normalized spacial score (nSPS) is 10.6. The van der Waals surface area contributed by atoms with Crippen LogP contribution >= 0.6 is 23.8 Å². The van der Waals surface area contributed by atoms with Gasteiger partial charge in [0.1, 0.15) is 5.82 Å². The van der Waals surface area contributed by atoms with Gasteiger partial charge in [0.25, 0.3) is 0 Å². The fourth-order valence-electron chi connectivity index (χ4n) is 2.48. The fourth-order valence-corrected chi connectivity index (χ4v) is 2.89. The van der Waals surface area contributed by atoms with E-state index >= 15 is 0 Å². The predicted molar refractivity (Wildman–Crippen MR) is 107 cm³/mol. The zero-order chi connectivity index (χ0) is 18.5. The lowest BCUT2D eigenvalue weighted by Crippen LogP contribution is -2.28. The van der Waals surface area contributed by atoms with Gasteiger partial charge in [0, 0.05) is 23.3 Å². The molecule has 0 fully saturated rings. The van der Waals surface area contributed by atoms with Crippen LogP contribution in [0.5, 0.6) is 0 Å². The molecule has 0 atom stereocenters. The van der Waals surface area contributed by atoms with Crippen molar-refractivity contribution in [3.05, 3.63) is 82.3 Å². The molecule has 1 aromatic heterocycles. The summed E-state index contributed by atoms with van der Waals surface area (Å²) < 4.78 is 15.0. The van der Waals surface area contributed by atoms with E-state index < -0.39 is 0 Å². The number of anilines is 1. The van der Waals surface area contributed by atoms with Crippen LogP contribution in [0.1, 0.15) is 16.8 Å². The lowest BCUT2D eigenvalue weighted by Gasteiger charge is -2.09. The van der Waals surface area contributed by atoms with Gasteiger partial charge >= 0.3 is 0 Å². The third kappa shape index (κ3) is 4.80. The Hall–Kier alpha value is -2.44. The van der Waals surface area contributed by atoms with Crippen LogP contribution < -0.4 is 10.6 Å². The highest BCUT2D eigenvalue weighted by atomic mass is 35.5. The Kier molecular flexibility index (Phi) is 5.85. The first-order chi connectivity index (χ1) is 12.5. The molecule has 7 heteroatoms. The highest BCUT2D eigenvalue weighted by Crippen LogP contribution is 2.19. The number of benzene rings is 2. The van der Waals surface area contributed by atoms with E-state index in [9.17, 15) is 4.39 Å². The summed E-state index contributed by atoms with van der Waals surface area (Å²) in [5, 5.41) is 11.6. The van der Waals surface area contributed by atoms with E-state index in [1.165, 1.54) is 12.1 Å². The van der Waals surface area contributed by atoms with E-state index in [4.69, 9.17) is 23.8 Å². The number of aromatic nitrogens is 2. The van der Waals surface area contributed by atoms with Crippen molar-refractivity contribution in [2.24, 2.45) is 0 Å². The van der Waals surface area contributed by atoms with Crippen molar-refractivity contribution in [1.29, 1.82) is 0 Å². The number of aryl methyl sites for hydroxylation is 1. The van der Waals surface area contributed by atoms with E-state index in [0.717, 1.165) is 16.8 Å². The van der Waals surface area contributed by atoms with Crippen LogP contribution in [0.4, 0.5) is 10.2 Å². The molecule has 2 N–H and O–H groups in total. The first-order valence-electron chi connectivity index (χ1n) is 8.08. The molecule has 0 aliphatic rings. The van der Waals surface area contributed by atoms with Crippen molar-refractivity contribution in [2.75, 3.05) is 5.32 Å². The lowest BCUT2D eigenvalue weighted by atomic mass is 10.2. The molecule has 0 saturated heterocycles. The monoisotopic (exact) mass is 388 g/mol. The second-order valence-electron chi connectivity index (χ2n) is 5.86. The summed E-state index contributed by atoms with van der Waals surface area (Å²) in [7, 11) is 0. The first-order valence-corrected chi connectivity index (χ1v) is 8.87. The third-order valence-electron chi connectivity index (χ3n) is 3.85. The van der Waals surface area contributed by atoms with Crippen LogP contribution in [0.15, 0.2) is 54.6 Å². The molecule has 26 heavy (non-hydrogen) atoms. The molecule has 0 bridgehead atoms. The van der Waals surface area contributed by atoms with Crippen LogP contribution in [-0.2, 0) is 13.1 Å². The average Bonchev–Trinajstić information content (AvgIpc) is 2.95. The molecular weight excluding hydrogens is 371 g/mol. The van der Waals surface area contributed by atoms with Gasteiger partial charge in [-0.25, -0.2) is 4.39 Å². The maximum absolute atomic E-state index is 13.2. The summed E-state index contributed by atoms with van der Waals surface area (Å²) in [5.74, 6) is 0.291. The van der Waals surface area contributed by atoms with Gasteiger partial charge in [-0.3, -0.25) is 4.68 Å². The zero-order valence-electron chi connectivity index (χ0n) is 14.2. The number of hydrogen-bond donors (Lipinski definition) is 2. The second-order valence-corrected chi connectivity index (χ2v) is 6.67. The molecule has 1 heterocycles. The van der Waals surface area contributed by atoms with Crippen LogP contribution in [0.3, 0.4) is 0 Å². The van der Waals surface area contributed by atoms with Crippen molar-refractivity contribution >= 4 is 34.7 Å². The average molecular weight is 389 g/mol. The number of nitrogens with zero attached hydrogens (tertiary/aromatic N) is 2. The maximum Gasteiger partial charge on any atom is 0.172 e. The van der Waals surface area contributed by atoms with Gasteiger partial charge in [0.15, 0.2) is 10.9 Å². The minimum absolute atomic E-state index is 0.354. The molecule has 0 unspecified atom stereocenters. The molecule has 2 aromatic carbocycles. The number of hydrogen-bond acceptors (Lipinski definition) is 2. The predicted octanol–water partition coefficient (Wildman–Crippen LogP) is 4.52. The Bertz CT molecular complexity index is 911. The summed E-state index contributed by atoms with van der Waals surface area (Å²) in [6.07, 6.45) is 0. The highest BCUT2D eigenvalue weighted by molar-refractivity contribution is 7.80. The van der Waals surface area contributed by atoms with Gasteiger partial charge in [0.05, 0.1) is 6.54 Å².